The highest BCUT2D eigenvalue weighted by molar-refractivity contribution is 7.10. The lowest BCUT2D eigenvalue weighted by Crippen LogP contribution is -2.38. The van der Waals surface area contributed by atoms with Gasteiger partial charge in [-0.25, -0.2) is 0 Å². The number of hydrogen-bond donors (Lipinski definition) is 2. The number of aliphatic imine (C=N–C) groups is 1. The summed E-state index contributed by atoms with van der Waals surface area (Å²) in [6.45, 7) is 10.7. The van der Waals surface area contributed by atoms with Crippen molar-refractivity contribution in [2.24, 2.45) is 4.99 Å². The third kappa shape index (κ3) is 5.10. The maximum atomic E-state index is 5.20. The molecule has 2 aromatic heterocycles. The lowest BCUT2D eigenvalue weighted by atomic mass is 10.1. The van der Waals surface area contributed by atoms with Crippen LogP contribution in [0.1, 0.15) is 41.7 Å². The van der Waals surface area contributed by atoms with Crippen molar-refractivity contribution in [2.75, 3.05) is 19.6 Å². The van der Waals surface area contributed by atoms with Gasteiger partial charge in [0.2, 0.25) is 0 Å². The number of thiophene rings is 1. The highest BCUT2D eigenvalue weighted by Gasteiger charge is 2.09. The van der Waals surface area contributed by atoms with Crippen molar-refractivity contribution >= 4 is 17.3 Å². The summed E-state index contributed by atoms with van der Waals surface area (Å²) < 4.78 is 5.20. The first-order valence-electron chi connectivity index (χ1n) is 8.09. The zero-order valence-corrected chi connectivity index (χ0v) is 15.2. The smallest absolute Gasteiger partial charge is 0.191 e. The van der Waals surface area contributed by atoms with Crippen LogP contribution in [0.25, 0.3) is 0 Å². The Hall–Kier alpha value is -1.82. The van der Waals surface area contributed by atoms with E-state index < -0.39 is 0 Å². The van der Waals surface area contributed by atoms with Crippen molar-refractivity contribution in [3.63, 3.8) is 0 Å². The number of aromatic nitrogens is 1. The van der Waals surface area contributed by atoms with E-state index in [1.54, 1.807) is 11.3 Å². The summed E-state index contributed by atoms with van der Waals surface area (Å²) in [5.41, 5.74) is 2.15. The number of hydrogen-bond acceptors (Lipinski definition) is 4. The zero-order chi connectivity index (χ0) is 16.7. The Morgan fingerprint density at radius 2 is 2.22 bits per heavy atom. The molecule has 0 aromatic carbocycles. The van der Waals surface area contributed by atoms with Crippen molar-refractivity contribution in [1.82, 2.24) is 15.8 Å². The van der Waals surface area contributed by atoms with Crippen LogP contribution in [0.5, 0.6) is 0 Å². The molecular formula is C17H26N4OS. The van der Waals surface area contributed by atoms with Crippen LogP contribution in [-0.2, 0) is 6.42 Å². The van der Waals surface area contributed by atoms with Crippen molar-refractivity contribution in [3.8, 4) is 0 Å². The molecule has 0 spiro atoms. The third-order valence-electron chi connectivity index (χ3n) is 3.75. The number of nitrogens with zero attached hydrogens (tertiary/aromatic N) is 2. The topological polar surface area (TPSA) is 62.5 Å². The molecule has 1 atom stereocenters. The molecule has 0 bridgehead atoms. The SMILES string of the molecule is CCNC(=NCC(C)c1cccs1)NCCc1c(C)noc1C. The van der Waals surface area contributed by atoms with Gasteiger partial charge in [0.05, 0.1) is 12.2 Å². The van der Waals surface area contributed by atoms with Crippen LogP contribution in [-0.4, -0.2) is 30.8 Å². The summed E-state index contributed by atoms with van der Waals surface area (Å²) in [6.07, 6.45) is 0.881. The quantitative estimate of drug-likeness (QED) is 0.603. The summed E-state index contributed by atoms with van der Waals surface area (Å²) >= 11 is 1.79. The van der Waals surface area contributed by atoms with Crippen molar-refractivity contribution in [1.29, 1.82) is 0 Å². The van der Waals surface area contributed by atoms with Crippen LogP contribution >= 0.6 is 11.3 Å². The minimum atomic E-state index is 0.438. The maximum absolute atomic E-state index is 5.20. The number of guanidine groups is 1. The second kappa shape index (κ2) is 8.72. The number of nitrogens with one attached hydrogen (secondary N) is 2. The van der Waals surface area contributed by atoms with Crippen LogP contribution in [0.4, 0.5) is 0 Å². The van der Waals surface area contributed by atoms with Gasteiger partial charge in [-0.2, -0.15) is 0 Å². The minimum Gasteiger partial charge on any atom is -0.361 e. The monoisotopic (exact) mass is 334 g/mol. The van der Waals surface area contributed by atoms with E-state index in [1.165, 1.54) is 10.4 Å². The second-order valence-corrected chi connectivity index (χ2v) is 6.59. The van der Waals surface area contributed by atoms with Crippen LogP contribution in [0, 0.1) is 13.8 Å². The van der Waals surface area contributed by atoms with Gasteiger partial charge in [-0.15, -0.1) is 11.3 Å². The Bertz CT molecular complexity index is 599. The van der Waals surface area contributed by atoms with Gasteiger partial charge in [0.25, 0.3) is 0 Å². The molecule has 0 saturated heterocycles. The first-order chi connectivity index (χ1) is 11.1. The molecule has 0 aliphatic carbocycles. The van der Waals surface area contributed by atoms with Crippen LogP contribution in [0.15, 0.2) is 27.0 Å². The Morgan fingerprint density at radius 3 is 2.83 bits per heavy atom. The molecule has 0 saturated carbocycles. The Labute approximate surface area is 142 Å². The van der Waals surface area contributed by atoms with Gasteiger partial charge >= 0.3 is 0 Å². The highest BCUT2D eigenvalue weighted by atomic mass is 32.1. The molecule has 5 nitrogen and oxygen atoms in total. The summed E-state index contributed by atoms with van der Waals surface area (Å²) in [6, 6.07) is 4.26. The molecule has 0 amide bonds. The Balaban J connectivity index is 1.86. The standard InChI is InChI=1S/C17H26N4OS/c1-5-18-17(20-11-12(2)16-7-6-10-23-16)19-9-8-15-13(3)21-22-14(15)4/h6-7,10,12H,5,8-9,11H2,1-4H3,(H2,18,19,20). The van der Waals surface area contributed by atoms with Gasteiger partial charge in [-0.1, -0.05) is 18.1 Å². The molecule has 0 fully saturated rings. The average molecular weight is 334 g/mol. The molecular weight excluding hydrogens is 308 g/mol. The maximum Gasteiger partial charge on any atom is 0.191 e. The van der Waals surface area contributed by atoms with Crippen LogP contribution in [0.3, 0.4) is 0 Å². The van der Waals surface area contributed by atoms with E-state index in [1.807, 2.05) is 13.8 Å². The highest BCUT2D eigenvalue weighted by Crippen LogP contribution is 2.20. The van der Waals surface area contributed by atoms with Gasteiger partial charge in [0, 0.05) is 29.4 Å². The molecule has 2 heterocycles. The molecule has 2 N–H and O–H groups in total. The van der Waals surface area contributed by atoms with E-state index in [0.29, 0.717) is 5.92 Å². The molecule has 126 valence electrons. The molecule has 23 heavy (non-hydrogen) atoms. The molecule has 0 aliphatic heterocycles. The van der Waals surface area contributed by atoms with E-state index in [9.17, 15) is 0 Å². The zero-order valence-electron chi connectivity index (χ0n) is 14.3. The summed E-state index contributed by atoms with van der Waals surface area (Å²) in [5, 5.41) is 12.8. The van der Waals surface area contributed by atoms with Gasteiger partial charge in [0.1, 0.15) is 5.76 Å². The first kappa shape index (κ1) is 17.5. The molecule has 0 aliphatic rings. The van der Waals surface area contributed by atoms with E-state index in [2.05, 4.69) is 47.2 Å². The largest absolute Gasteiger partial charge is 0.361 e. The average Bonchev–Trinajstić information content (AvgIpc) is 3.17. The van der Waals surface area contributed by atoms with Gasteiger partial charge < -0.3 is 15.2 Å². The fourth-order valence-electron chi connectivity index (χ4n) is 2.40. The second-order valence-electron chi connectivity index (χ2n) is 5.62. The Morgan fingerprint density at radius 1 is 1.39 bits per heavy atom. The summed E-state index contributed by atoms with van der Waals surface area (Å²) in [7, 11) is 0. The first-order valence-corrected chi connectivity index (χ1v) is 8.97. The van der Waals surface area contributed by atoms with Crippen molar-refractivity contribution in [3.05, 3.63) is 39.4 Å². The fraction of sp³-hybridized carbons (Fsp3) is 0.529. The molecule has 0 radical (unpaired) electrons. The van der Waals surface area contributed by atoms with Gasteiger partial charge in [-0.05, 0) is 38.6 Å². The lowest BCUT2D eigenvalue weighted by molar-refractivity contribution is 0.392. The fourth-order valence-corrected chi connectivity index (χ4v) is 3.17. The van der Waals surface area contributed by atoms with Gasteiger partial charge in [-0.3, -0.25) is 4.99 Å². The summed E-state index contributed by atoms with van der Waals surface area (Å²) in [4.78, 5) is 6.07. The van der Waals surface area contributed by atoms with Gasteiger partial charge in [0.15, 0.2) is 5.96 Å². The molecule has 2 aromatic rings. The van der Waals surface area contributed by atoms with Crippen molar-refractivity contribution < 1.29 is 4.52 Å². The molecule has 2 rings (SSSR count). The lowest BCUT2D eigenvalue weighted by Gasteiger charge is -2.13. The van der Waals surface area contributed by atoms with Crippen LogP contribution < -0.4 is 10.6 Å². The molecule has 6 heteroatoms. The normalized spacial score (nSPS) is 13.1. The minimum absolute atomic E-state index is 0.438. The van der Waals surface area contributed by atoms with E-state index in [-0.39, 0.29) is 0 Å². The predicted octanol–water partition coefficient (Wildman–Crippen LogP) is 3.25. The third-order valence-corrected chi connectivity index (χ3v) is 4.85. The number of aryl methyl sites for hydroxylation is 2. The predicted molar refractivity (Wildman–Crippen MR) is 96.4 cm³/mol. The van der Waals surface area contributed by atoms with Crippen molar-refractivity contribution in [2.45, 2.75) is 40.0 Å². The van der Waals surface area contributed by atoms with E-state index in [0.717, 1.165) is 43.5 Å². The summed E-state index contributed by atoms with van der Waals surface area (Å²) in [5.74, 6) is 2.20. The van der Waals surface area contributed by atoms with Crippen LogP contribution in [0.2, 0.25) is 0 Å². The Kier molecular flexibility index (Phi) is 6.65. The number of rotatable bonds is 7. The molecule has 1 unspecified atom stereocenters. The van der Waals surface area contributed by atoms with E-state index in [4.69, 9.17) is 9.52 Å². The van der Waals surface area contributed by atoms with E-state index >= 15 is 0 Å².